The van der Waals surface area contributed by atoms with Gasteiger partial charge in [-0.3, -0.25) is 0 Å². The third kappa shape index (κ3) is 4.18. The molecule has 0 aliphatic rings. The minimum atomic E-state index is -1.30. The van der Waals surface area contributed by atoms with Gasteiger partial charge in [-0.05, 0) is 29.4 Å². The van der Waals surface area contributed by atoms with Gasteiger partial charge in [0.2, 0.25) is 4.90 Å². The number of halogens is 1. The first-order valence-electron chi connectivity index (χ1n) is 6.15. The van der Waals surface area contributed by atoms with Crippen LogP contribution in [-0.2, 0) is 11.2 Å². The smallest absolute Gasteiger partial charge is 0.392 e. The van der Waals surface area contributed by atoms with Crippen molar-refractivity contribution in [2.45, 2.75) is 4.90 Å². The van der Waals surface area contributed by atoms with E-state index in [2.05, 4.69) is 0 Å². The second-order valence-electron chi connectivity index (χ2n) is 4.19. The fourth-order valence-corrected chi connectivity index (χ4v) is 2.23. The Hall–Kier alpha value is -2.11. The van der Waals surface area contributed by atoms with Gasteiger partial charge in [-0.25, -0.2) is 9.18 Å². The first-order valence-corrected chi connectivity index (χ1v) is 7.70. The molecule has 0 spiro atoms. The van der Waals surface area contributed by atoms with Crippen molar-refractivity contribution in [2.75, 3.05) is 6.26 Å². The minimum absolute atomic E-state index is 0.178. The van der Waals surface area contributed by atoms with Gasteiger partial charge in [0.15, 0.2) is 0 Å². The van der Waals surface area contributed by atoms with Gasteiger partial charge < -0.3 is 8.97 Å². The fourth-order valence-electron chi connectivity index (χ4n) is 1.66. The molecule has 5 heteroatoms. The summed E-state index contributed by atoms with van der Waals surface area (Å²) in [5.41, 5.74) is -0.00349. The van der Waals surface area contributed by atoms with Gasteiger partial charge in [-0.15, -0.1) is 0 Å². The van der Waals surface area contributed by atoms with E-state index in [1.165, 1.54) is 18.4 Å². The highest BCUT2D eigenvalue weighted by Crippen LogP contribution is 2.14. The van der Waals surface area contributed by atoms with Crippen molar-refractivity contribution >= 4 is 22.1 Å². The van der Waals surface area contributed by atoms with Crippen LogP contribution in [0, 0.1) is 5.82 Å². The maximum atomic E-state index is 11.9. The van der Waals surface area contributed by atoms with E-state index in [-0.39, 0.29) is 10.7 Å². The molecule has 0 radical (unpaired) electrons. The first-order chi connectivity index (χ1) is 10.1. The Labute approximate surface area is 124 Å². The standard InChI is InChI=1S/C10H8O3S.C6H5F/c1-14(12)9-6-7-4-2-3-5-8(7)13-10(9)11;7-6-4-2-1-3-5-6/h2-6H,1H3;1-5H. The molecule has 1 aromatic heterocycles. The Balaban J connectivity index is 0.000000194. The predicted molar refractivity (Wildman–Crippen MR) is 81.2 cm³/mol. The van der Waals surface area contributed by atoms with E-state index < -0.39 is 16.8 Å². The van der Waals surface area contributed by atoms with Crippen LogP contribution in [0.1, 0.15) is 0 Å². The van der Waals surface area contributed by atoms with Crippen LogP contribution >= 0.6 is 0 Å². The molecule has 3 aromatic rings. The Kier molecular flexibility index (Phi) is 5.14. The van der Waals surface area contributed by atoms with Gasteiger partial charge in [0.05, 0.1) is 0 Å². The zero-order valence-electron chi connectivity index (χ0n) is 11.3. The van der Waals surface area contributed by atoms with Crippen molar-refractivity contribution < 1.29 is 13.4 Å². The molecule has 0 amide bonds. The normalized spacial score (nSPS) is 11.6. The summed E-state index contributed by atoms with van der Waals surface area (Å²) in [4.78, 5) is 11.5. The molecular formula is C16H13FO3S. The monoisotopic (exact) mass is 304 g/mol. The summed E-state index contributed by atoms with van der Waals surface area (Å²) >= 11 is -1.30. The highest BCUT2D eigenvalue weighted by atomic mass is 32.2. The second-order valence-corrected chi connectivity index (χ2v) is 5.53. The fraction of sp³-hybridized carbons (Fsp3) is 0.0625. The lowest BCUT2D eigenvalue weighted by atomic mass is 10.2. The van der Waals surface area contributed by atoms with Crippen molar-refractivity contribution in [1.82, 2.24) is 0 Å². The quantitative estimate of drug-likeness (QED) is 0.512. The largest absolute Gasteiger partial charge is 0.611 e. The zero-order valence-corrected chi connectivity index (χ0v) is 12.1. The van der Waals surface area contributed by atoms with Crippen molar-refractivity contribution in [2.24, 2.45) is 0 Å². The molecule has 1 heterocycles. The Bertz CT molecular complexity index is 769. The Morgan fingerprint density at radius 3 is 2.24 bits per heavy atom. The lowest BCUT2D eigenvalue weighted by Gasteiger charge is -2.02. The molecule has 1 unspecified atom stereocenters. The number of rotatable bonds is 1. The topological polar surface area (TPSA) is 53.3 Å². The molecule has 0 saturated carbocycles. The second kappa shape index (κ2) is 7.06. The average Bonchev–Trinajstić information content (AvgIpc) is 2.47. The summed E-state index contributed by atoms with van der Waals surface area (Å²) in [5, 5.41) is 0.789. The molecule has 0 aliphatic heterocycles. The third-order valence-electron chi connectivity index (χ3n) is 2.65. The molecule has 0 N–H and O–H groups in total. The summed E-state index contributed by atoms with van der Waals surface area (Å²) in [7, 11) is 0. The maximum Gasteiger partial charge on any atom is 0.392 e. The lowest BCUT2D eigenvalue weighted by Crippen LogP contribution is -2.12. The molecule has 108 valence electrons. The Morgan fingerprint density at radius 1 is 1.05 bits per heavy atom. The van der Waals surface area contributed by atoms with Crippen molar-refractivity contribution in [3.05, 3.63) is 76.9 Å². The summed E-state index contributed by atoms with van der Waals surface area (Å²) in [6.45, 7) is 0. The van der Waals surface area contributed by atoms with E-state index in [4.69, 9.17) is 4.42 Å². The molecular weight excluding hydrogens is 291 g/mol. The van der Waals surface area contributed by atoms with Crippen LogP contribution in [0.5, 0.6) is 0 Å². The van der Waals surface area contributed by atoms with Crippen LogP contribution in [-0.4, -0.2) is 10.8 Å². The van der Waals surface area contributed by atoms with Gasteiger partial charge in [-0.1, -0.05) is 36.4 Å². The molecule has 21 heavy (non-hydrogen) atoms. The summed E-state index contributed by atoms with van der Waals surface area (Å²) in [5.74, 6) is -0.178. The lowest BCUT2D eigenvalue weighted by molar-refractivity contribution is 0.533. The Morgan fingerprint density at radius 2 is 1.67 bits per heavy atom. The first kappa shape index (κ1) is 15.3. The van der Waals surface area contributed by atoms with Crippen LogP contribution in [0.2, 0.25) is 0 Å². The molecule has 2 aromatic carbocycles. The van der Waals surface area contributed by atoms with Crippen molar-refractivity contribution in [3.63, 3.8) is 0 Å². The molecule has 0 fully saturated rings. The van der Waals surface area contributed by atoms with Gasteiger partial charge >= 0.3 is 5.63 Å². The highest BCUT2D eigenvalue weighted by Gasteiger charge is 2.12. The molecule has 0 aliphatic carbocycles. The van der Waals surface area contributed by atoms with Gasteiger partial charge in [0.1, 0.15) is 17.7 Å². The minimum Gasteiger partial charge on any atom is -0.611 e. The van der Waals surface area contributed by atoms with E-state index in [9.17, 15) is 13.7 Å². The third-order valence-corrected chi connectivity index (χ3v) is 3.56. The van der Waals surface area contributed by atoms with Gasteiger partial charge in [0, 0.05) is 11.5 Å². The van der Waals surface area contributed by atoms with E-state index in [1.807, 2.05) is 12.1 Å². The summed E-state index contributed by atoms with van der Waals surface area (Å²) in [6, 6.07) is 16.7. The van der Waals surface area contributed by atoms with Crippen LogP contribution < -0.4 is 5.63 Å². The van der Waals surface area contributed by atoms with Crippen molar-refractivity contribution in [1.29, 1.82) is 0 Å². The van der Waals surface area contributed by atoms with Crippen LogP contribution in [0.3, 0.4) is 0 Å². The molecule has 1 atom stereocenters. The molecule has 3 nitrogen and oxygen atoms in total. The summed E-state index contributed by atoms with van der Waals surface area (Å²) < 4.78 is 28.1. The van der Waals surface area contributed by atoms with E-state index >= 15 is 0 Å². The number of hydrogen-bond acceptors (Lipinski definition) is 3. The van der Waals surface area contributed by atoms with Gasteiger partial charge in [0.25, 0.3) is 0 Å². The average molecular weight is 304 g/mol. The number of hydrogen-bond donors (Lipinski definition) is 0. The van der Waals surface area contributed by atoms with Crippen LogP contribution in [0.25, 0.3) is 11.0 Å². The van der Waals surface area contributed by atoms with E-state index in [0.717, 1.165) is 5.39 Å². The predicted octanol–water partition coefficient (Wildman–Crippen LogP) is 3.36. The number of fused-ring (bicyclic) bond motifs is 1. The maximum absolute atomic E-state index is 11.9. The zero-order chi connectivity index (χ0) is 15.2. The molecule has 0 saturated heterocycles. The molecule has 3 rings (SSSR count). The number of para-hydroxylation sites is 1. The van der Waals surface area contributed by atoms with E-state index in [0.29, 0.717) is 5.58 Å². The highest BCUT2D eigenvalue weighted by molar-refractivity contribution is 7.90. The van der Waals surface area contributed by atoms with Gasteiger partial charge in [-0.2, -0.15) is 0 Å². The number of benzene rings is 2. The van der Waals surface area contributed by atoms with Crippen LogP contribution in [0.4, 0.5) is 4.39 Å². The molecule has 0 bridgehead atoms. The van der Waals surface area contributed by atoms with Crippen molar-refractivity contribution in [3.8, 4) is 0 Å². The summed E-state index contributed by atoms with van der Waals surface area (Å²) in [6.07, 6.45) is 1.46. The van der Waals surface area contributed by atoms with E-state index in [1.54, 1.807) is 36.4 Å². The van der Waals surface area contributed by atoms with Crippen LogP contribution in [0.15, 0.2) is 74.8 Å². The SMILES string of the molecule is C[S+]([O-])c1cc2ccccc2oc1=O.Fc1ccccc1.